The van der Waals surface area contributed by atoms with Crippen molar-refractivity contribution in [3.05, 3.63) is 124 Å². The zero-order valence-corrected chi connectivity index (χ0v) is 26.5. The monoisotopic (exact) mass is 625 g/mol. The summed E-state index contributed by atoms with van der Waals surface area (Å²) in [7, 11) is 3.17. The van der Waals surface area contributed by atoms with Gasteiger partial charge in [-0.05, 0) is 79.9 Å². The maximum atomic E-state index is 14.2. The largest absolute Gasteiger partial charge is 0.494 e. The van der Waals surface area contributed by atoms with E-state index in [1.54, 1.807) is 35.8 Å². The molecule has 45 heavy (non-hydrogen) atoms. The van der Waals surface area contributed by atoms with Gasteiger partial charge >= 0.3 is 0 Å². The van der Waals surface area contributed by atoms with Gasteiger partial charge in [-0.15, -0.1) is 11.6 Å². The first-order chi connectivity index (χ1) is 21.9. The van der Waals surface area contributed by atoms with Crippen molar-refractivity contribution in [2.45, 2.75) is 31.7 Å². The van der Waals surface area contributed by atoms with Crippen LogP contribution in [0.25, 0.3) is 16.6 Å². The molecule has 0 spiro atoms. The van der Waals surface area contributed by atoms with Gasteiger partial charge in [-0.2, -0.15) is 0 Å². The molecule has 0 fully saturated rings. The normalized spacial score (nSPS) is 12.4. The summed E-state index contributed by atoms with van der Waals surface area (Å²) in [4.78, 5) is 35.0. The van der Waals surface area contributed by atoms with Crippen molar-refractivity contribution in [2.75, 3.05) is 27.4 Å². The van der Waals surface area contributed by atoms with Crippen LogP contribution in [0, 0.1) is 0 Å². The average molecular weight is 626 g/mol. The van der Waals surface area contributed by atoms with E-state index in [9.17, 15) is 9.59 Å². The number of rotatable bonds is 12. The molecule has 2 unspecified atom stereocenters. The van der Waals surface area contributed by atoms with Gasteiger partial charge in [-0.3, -0.25) is 14.2 Å². The number of carbonyl (C=O) groups is 1. The highest BCUT2D eigenvalue weighted by Crippen LogP contribution is 2.31. The SMILES string of the molecule is CCOc1ccc(-n2c(C(C)N(CCc3ccc(OC)c(OC)c3)C(=O)C(Cl)c3ccccc3)nc3ccccc3c2=O)cc1. The van der Waals surface area contributed by atoms with E-state index in [2.05, 4.69) is 0 Å². The van der Waals surface area contributed by atoms with E-state index in [1.165, 1.54) is 0 Å². The third-order valence-corrected chi connectivity index (χ3v) is 8.17. The Morgan fingerprint density at radius 1 is 0.911 bits per heavy atom. The third kappa shape index (κ3) is 6.81. The molecule has 5 aromatic rings. The second-order valence-corrected chi connectivity index (χ2v) is 10.9. The van der Waals surface area contributed by atoms with Gasteiger partial charge in [-0.25, -0.2) is 4.98 Å². The van der Waals surface area contributed by atoms with Crippen molar-refractivity contribution in [3.8, 4) is 22.9 Å². The molecule has 0 aliphatic heterocycles. The molecule has 1 heterocycles. The molecule has 1 amide bonds. The molecule has 0 saturated carbocycles. The van der Waals surface area contributed by atoms with Crippen molar-refractivity contribution in [1.82, 2.24) is 14.5 Å². The number of halogens is 1. The number of aromatic nitrogens is 2. The summed E-state index contributed by atoms with van der Waals surface area (Å²) in [5, 5.41) is -0.463. The van der Waals surface area contributed by atoms with E-state index >= 15 is 0 Å². The third-order valence-electron chi connectivity index (χ3n) is 7.73. The lowest BCUT2D eigenvalue weighted by atomic mass is 10.1. The van der Waals surface area contributed by atoms with Gasteiger partial charge in [0.15, 0.2) is 11.5 Å². The lowest BCUT2D eigenvalue weighted by Gasteiger charge is -2.32. The number of alkyl halides is 1. The molecule has 5 rings (SSSR count). The molecule has 9 heteroatoms. The standard InChI is InChI=1S/C36H36ClN3O5/c1-5-45-28-18-16-27(17-19-28)40-34(38-30-14-10-9-13-29(30)35(40)41)24(2)39(36(42)33(37)26-11-7-6-8-12-26)22-21-25-15-20-31(43-3)32(23-25)44-4/h6-20,23-24,33H,5,21-22H2,1-4H3. The number of amides is 1. The van der Waals surface area contributed by atoms with Crippen LogP contribution < -0.4 is 19.8 Å². The summed E-state index contributed by atoms with van der Waals surface area (Å²) in [5.41, 5.74) is 2.55. The molecule has 0 radical (unpaired) electrons. The molecule has 0 aliphatic rings. The number of hydrogen-bond donors (Lipinski definition) is 0. The van der Waals surface area contributed by atoms with Crippen LogP contribution in [0.3, 0.4) is 0 Å². The van der Waals surface area contributed by atoms with E-state index in [0.29, 0.717) is 64.8 Å². The highest BCUT2D eigenvalue weighted by Gasteiger charge is 2.31. The van der Waals surface area contributed by atoms with Gasteiger partial charge in [0.25, 0.3) is 5.56 Å². The Morgan fingerprint density at radius 3 is 2.29 bits per heavy atom. The number of benzene rings is 4. The minimum Gasteiger partial charge on any atom is -0.494 e. The fourth-order valence-electron chi connectivity index (χ4n) is 5.37. The summed E-state index contributed by atoms with van der Waals surface area (Å²) in [5.74, 6) is 2.03. The van der Waals surface area contributed by atoms with Crippen LogP contribution >= 0.6 is 11.6 Å². The fourth-order valence-corrected chi connectivity index (χ4v) is 5.64. The predicted octanol–water partition coefficient (Wildman–Crippen LogP) is 6.91. The van der Waals surface area contributed by atoms with Crippen molar-refractivity contribution in [1.29, 1.82) is 0 Å². The zero-order chi connectivity index (χ0) is 31.9. The van der Waals surface area contributed by atoms with Gasteiger partial charge < -0.3 is 19.1 Å². The van der Waals surface area contributed by atoms with E-state index in [-0.39, 0.29) is 11.5 Å². The van der Waals surface area contributed by atoms with Crippen molar-refractivity contribution >= 4 is 28.4 Å². The fraction of sp³-hybridized carbons (Fsp3) is 0.250. The van der Waals surface area contributed by atoms with Gasteiger partial charge in [-0.1, -0.05) is 48.5 Å². The van der Waals surface area contributed by atoms with E-state index in [4.69, 9.17) is 30.8 Å². The molecule has 0 N–H and O–H groups in total. The van der Waals surface area contributed by atoms with Crippen LogP contribution in [0.5, 0.6) is 17.2 Å². The number of carbonyl (C=O) groups excluding carboxylic acids is 1. The predicted molar refractivity (Wildman–Crippen MR) is 177 cm³/mol. The van der Waals surface area contributed by atoms with Crippen LogP contribution in [0.1, 0.15) is 42.2 Å². The van der Waals surface area contributed by atoms with Crippen molar-refractivity contribution in [3.63, 3.8) is 0 Å². The van der Waals surface area contributed by atoms with E-state index in [0.717, 1.165) is 5.56 Å². The number of fused-ring (bicyclic) bond motifs is 1. The zero-order valence-electron chi connectivity index (χ0n) is 25.8. The molecular weight excluding hydrogens is 590 g/mol. The number of methoxy groups -OCH3 is 2. The molecule has 8 nitrogen and oxygen atoms in total. The number of ether oxygens (including phenoxy) is 3. The Kier molecular flexibility index (Phi) is 10.0. The summed E-state index contributed by atoms with van der Waals surface area (Å²) < 4.78 is 18.1. The Bertz CT molecular complexity index is 1830. The topological polar surface area (TPSA) is 82.9 Å². The van der Waals surface area contributed by atoms with Gasteiger partial charge in [0.2, 0.25) is 5.91 Å². The summed E-state index contributed by atoms with van der Waals surface area (Å²) in [6, 6.07) is 28.8. The molecule has 2 atom stereocenters. The minimum atomic E-state index is -0.940. The first-order valence-corrected chi connectivity index (χ1v) is 15.2. The van der Waals surface area contributed by atoms with Gasteiger partial charge in [0.05, 0.1) is 43.5 Å². The van der Waals surface area contributed by atoms with Gasteiger partial charge in [0.1, 0.15) is 17.0 Å². The Morgan fingerprint density at radius 2 is 1.60 bits per heavy atom. The highest BCUT2D eigenvalue weighted by molar-refractivity contribution is 6.30. The molecule has 0 aliphatic carbocycles. The lowest BCUT2D eigenvalue weighted by molar-refractivity contribution is -0.133. The number of para-hydroxylation sites is 1. The Balaban J connectivity index is 1.60. The number of hydrogen-bond acceptors (Lipinski definition) is 6. The Labute approximate surface area is 267 Å². The summed E-state index contributed by atoms with van der Waals surface area (Å²) in [6.07, 6.45) is 0.496. The lowest BCUT2D eigenvalue weighted by Crippen LogP contribution is -2.40. The molecule has 0 saturated heterocycles. The van der Waals surface area contributed by atoms with Crippen LogP contribution in [0.4, 0.5) is 0 Å². The highest BCUT2D eigenvalue weighted by atomic mass is 35.5. The number of nitrogens with zero attached hydrogens (tertiary/aromatic N) is 3. The summed E-state index contributed by atoms with van der Waals surface area (Å²) in [6.45, 7) is 4.62. The van der Waals surface area contributed by atoms with E-state index in [1.807, 2.05) is 98.8 Å². The summed E-state index contributed by atoms with van der Waals surface area (Å²) >= 11 is 6.85. The molecule has 232 valence electrons. The second kappa shape index (κ2) is 14.3. The molecule has 4 aromatic carbocycles. The second-order valence-electron chi connectivity index (χ2n) is 10.5. The van der Waals surface area contributed by atoms with Crippen LogP contribution in [-0.4, -0.2) is 47.7 Å². The van der Waals surface area contributed by atoms with Crippen LogP contribution in [0.2, 0.25) is 0 Å². The van der Waals surface area contributed by atoms with Crippen LogP contribution in [-0.2, 0) is 11.2 Å². The maximum Gasteiger partial charge on any atom is 0.266 e. The molecular formula is C36H36ClN3O5. The van der Waals surface area contributed by atoms with E-state index < -0.39 is 11.4 Å². The first-order valence-electron chi connectivity index (χ1n) is 14.8. The average Bonchev–Trinajstić information content (AvgIpc) is 3.08. The van der Waals surface area contributed by atoms with Crippen LogP contribution in [0.15, 0.2) is 102 Å². The molecule has 1 aromatic heterocycles. The molecule has 0 bridgehead atoms. The van der Waals surface area contributed by atoms with Crippen molar-refractivity contribution in [2.24, 2.45) is 0 Å². The minimum absolute atomic E-state index is 0.232. The smallest absolute Gasteiger partial charge is 0.266 e. The Hall–Kier alpha value is -4.82. The quantitative estimate of drug-likeness (QED) is 0.140. The maximum absolute atomic E-state index is 14.2. The first kappa shape index (κ1) is 31.6. The van der Waals surface area contributed by atoms with Gasteiger partial charge in [0, 0.05) is 6.54 Å². The van der Waals surface area contributed by atoms with Crippen molar-refractivity contribution < 1.29 is 19.0 Å².